The average molecular weight is 212 g/mol. The van der Waals surface area contributed by atoms with Gasteiger partial charge in [-0.25, -0.2) is 0 Å². The summed E-state index contributed by atoms with van der Waals surface area (Å²) in [4.78, 5) is 0. The third-order valence-corrected chi connectivity index (χ3v) is 2.61. The van der Waals surface area contributed by atoms with Gasteiger partial charge in [-0.3, -0.25) is 0 Å². The highest BCUT2D eigenvalue weighted by Crippen LogP contribution is 2.21. The SMILES string of the molecule is Cc1cc(Cl)cc([C@H]2COCCN2)c1. The van der Waals surface area contributed by atoms with Crippen LogP contribution in [0.15, 0.2) is 18.2 Å². The second kappa shape index (κ2) is 4.30. The third kappa shape index (κ3) is 2.27. The minimum absolute atomic E-state index is 0.293. The highest BCUT2D eigenvalue weighted by atomic mass is 35.5. The third-order valence-electron chi connectivity index (χ3n) is 2.39. The van der Waals surface area contributed by atoms with Crippen molar-refractivity contribution in [1.29, 1.82) is 0 Å². The largest absolute Gasteiger partial charge is 0.378 e. The van der Waals surface area contributed by atoms with Gasteiger partial charge in [0.25, 0.3) is 0 Å². The molecule has 1 heterocycles. The van der Waals surface area contributed by atoms with E-state index >= 15 is 0 Å². The molecule has 1 atom stereocenters. The van der Waals surface area contributed by atoms with Crippen molar-refractivity contribution >= 4 is 11.6 Å². The quantitative estimate of drug-likeness (QED) is 0.770. The minimum atomic E-state index is 0.293. The van der Waals surface area contributed by atoms with E-state index in [0.29, 0.717) is 6.04 Å². The zero-order valence-electron chi connectivity index (χ0n) is 8.22. The molecule has 0 aliphatic carbocycles. The van der Waals surface area contributed by atoms with Crippen molar-refractivity contribution in [2.24, 2.45) is 0 Å². The molecule has 0 spiro atoms. The van der Waals surface area contributed by atoms with Gasteiger partial charge in [0.05, 0.1) is 19.3 Å². The lowest BCUT2D eigenvalue weighted by Crippen LogP contribution is -2.34. The number of aryl methyl sites for hydroxylation is 1. The van der Waals surface area contributed by atoms with Gasteiger partial charge < -0.3 is 10.1 Å². The molecule has 0 aromatic heterocycles. The van der Waals surface area contributed by atoms with E-state index in [4.69, 9.17) is 16.3 Å². The number of hydrogen-bond acceptors (Lipinski definition) is 2. The summed E-state index contributed by atoms with van der Waals surface area (Å²) in [5.74, 6) is 0. The van der Waals surface area contributed by atoms with Crippen LogP contribution < -0.4 is 5.32 Å². The monoisotopic (exact) mass is 211 g/mol. The van der Waals surface area contributed by atoms with Crippen LogP contribution in [0, 0.1) is 6.92 Å². The first-order valence-corrected chi connectivity index (χ1v) is 5.22. The lowest BCUT2D eigenvalue weighted by molar-refractivity contribution is 0.0769. The molecule has 2 rings (SSSR count). The number of rotatable bonds is 1. The summed E-state index contributed by atoms with van der Waals surface area (Å²) in [6, 6.07) is 6.41. The highest BCUT2D eigenvalue weighted by molar-refractivity contribution is 6.30. The highest BCUT2D eigenvalue weighted by Gasteiger charge is 2.15. The molecule has 1 aromatic carbocycles. The summed E-state index contributed by atoms with van der Waals surface area (Å²) < 4.78 is 5.41. The molecule has 1 saturated heterocycles. The molecule has 1 N–H and O–H groups in total. The van der Waals surface area contributed by atoms with Crippen molar-refractivity contribution in [3.8, 4) is 0 Å². The fraction of sp³-hybridized carbons (Fsp3) is 0.455. The maximum Gasteiger partial charge on any atom is 0.0662 e. The van der Waals surface area contributed by atoms with E-state index < -0.39 is 0 Å². The summed E-state index contributed by atoms with van der Waals surface area (Å²) in [7, 11) is 0. The standard InChI is InChI=1S/C11H14ClNO/c1-8-4-9(6-10(12)5-8)11-7-14-3-2-13-11/h4-6,11,13H,2-3,7H2,1H3/t11-/m1/s1. The van der Waals surface area contributed by atoms with Gasteiger partial charge in [0.15, 0.2) is 0 Å². The molecule has 0 saturated carbocycles. The Hall–Kier alpha value is -0.570. The molecule has 0 bridgehead atoms. The molecule has 2 nitrogen and oxygen atoms in total. The molecule has 1 fully saturated rings. The Bertz CT molecular complexity index is 301. The van der Waals surface area contributed by atoms with Crippen molar-refractivity contribution in [2.75, 3.05) is 19.8 Å². The summed E-state index contributed by atoms with van der Waals surface area (Å²) in [6.07, 6.45) is 0. The molecule has 1 aliphatic rings. The molecule has 76 valence electrons. The van der Waals surface area contributed by atoms with Crippen molar-refractivity contribution in [2.45, 2.75) is 13.0 Å². The Morgan fingerprint density at radius 1 is 1.43 bits per heavy atom. The Kier molecular flexibility index (Phi) is 3.06. The van der Waals surface area contributed by atoms with Gasteiger partial charge in [-0.05, 0) is 30.2 Å². The topological polar surface area (TPSA) is 21.3 Å². The van der Waals surface area contributed by atoms with Crippen LogP contribution in [0.4, 0.5) is 0 Å². The van der Waals surface area contributed by atoms with Crippen molar-refractivity contribution in [3.63, 3.8) is 0 Å². The van der Waals surface area contributed by atoms with Crippen LogP contribution in [0.5, 0.6) is 0 Å². The number of nitrogens with one attached hydrogen (secondary N) is 1. The van der Waals surface area contributed by atoms with Gasteiger partial charge in [0, 0.05) is 11.6 Å². The van der Waals surface area contributed by atoms with Crippen LogP contribution in [-0.4, -0.2) is 19.8 Å². The molecule has 0 amide bonds. The molecule has 1 aromatic rings. The number of ether oxygens (including phenoxy) is 1. The molecule has 14 heavy (non-hydrogen) atoms. The van der Waals surface area contributed by atoms with Crippen LogP contribution in [0.25, 0.3) is 0 Å². The number of hydrogen-bond donors (Lipinski definition) is 1. The summed E-state index contributed by atoms with van der Waals surface area (Å²) in [5, 5.41) is 4.20. The zero-order chi connectivity index (χ0) is 9.97. The minimum Gasteiger partial charge on any atom is -0.378 e. The lowest BCUT2D eigenvalue weighted by Gasteiger charge is -2.24. The Morgan fingerprint density at radius 2 is 2.29 bits per heavy atom. The summed E-state index contributed by atoms with van der Waals surface area (Å²) in [5.41, 5.74) is 2.41. The van der Waals surface area contributed by atoms with E-state index in [1.165, 1.54) is 11.1 Å². The Morgan fingerprint density at radius 3 is 2.93 bits per heavy atom. The van der Waals surface area contributed by atoms with Crippen LogP contribution >= 0.6 is 11.6 Å². The van der Waals surface area contributed by atoms with Gasteiger partial charge in [-0.15, -0.1) is 0 Å². The second-order valence-electron chi connectivity index (χ2n) is 3.64. The van der Waals surface area contributed by atoms with Gasteiger partial charge in [0.1, 0.15) is 0 Å². The first-order valence-electron chi connectivity index (χ1n) is 4.84. The van der Waals surface area contributed by atoms with Crippen molar-refractivity contribution < 1.29 is 4.74 Å². The smallest absolute Gasteiger partial charge is 0.0662 e. The number of morpholine rings is 1. The van der Waals surface area contributed by atoms with Crippen LogP contribution in [0.3, 0.4) is 0 Å². The molecule has 0 radical (unpaired) electrons. The maximum atomic E-state index is 6.00. The van der Waals surface area contributed by atoms with E-state index in [1.54, 1.807) is 0 Å². The lowest BCUT2D eigenvalue weighted by atomic mass is 10.0. The number of benzene rings is 1. The van der Waals surface area contributed by atoms with Crippen molar-refractivity contribution in [1.82, 2.24) is 5.32 Å². The van der Waals surface area contributed by atoms with E-state index in [9.17, 15) is 0 Å². The fourth-order valence-corrected chi connectivity index (χ4v) is 2.04. The maximum absolute atomic E-state index is 6.00. The van der Waals surface area contributed by atoms with E-state index in [2.05, 4.69) is 18.3 Å². The molecular formula is C11H14ClNO. The Labute approximate surface area is 89.2 Å². The molecule has 0 unspecified atom stereocenters. The first-order chi connectivity index (χ1) is 6.75. The van der Waals surface area contributed by atoms with Gasteiger partial charge in [0.2, 0.25) is 0 Å². The summed E-state index contributed by atoms with van der Waals surface area (Å²) >= 11 is 6.00. The van der Waals surface area contributed by atoms with E-state index in [0.717, 1.165) is 24.8 Å². The van der Waals surface area contributed by atoms with Gasteiger partial charge in [-0.2, -0.15) is 0 Å². The van der Waals surface area contributed by atoms with Crippen LogP contribution in [-0.2, 0) is 4.74 Å². The predicted molar refractivity (Wildman–Crippen MR) is 57.8 cm³/mol. The predicted octanol–water partition coefficient (Wildman–Crippen LogP) is 2.31. The summed E-state index contributed by atoms with van der Waals surface area (Å²) in [6.45, 7) is 4.51. The average Bonchev–Trinajstić information content (AvgIpc) is 2.18. The van der Waals surface area contributed by atoms with Gasteiger partial charge in [-0.1, -0.05) is 17.7 Å². The first kappa shape index (κ1) is 9.97. The second-order valence-corrected chi connectivity index (χ2v) is 4.08. The number of halogens is 1. The molecule has 3 heteroatoms. The van der Waals surface area contributed by atoms with Crippen LogP contribution in [0.2, 0.25) is 5.02 Å². The Balaban J connectivity index is 2.21. The van der Waals surface area contributed by atoms with Crippen LogP contribution in [0.1, 0.15) is 17.2 Å². The normalized spacial score (nSPS) is 22.3. The zero-order valence-corrected chi connectivity index (χ0v) is 8.97. The van der Waals surface area contributed by atoms with E-state index in [-0.39, 0.29) is 0 Å². The van der Waals surface area contributed by atoms with Crippen molar-refractivity contribution in [3.05, 3.63) is 34.3 Å². The molecule has 1 aliphatic heterocycles. The molecular weight excluding hydrogens is 198 g/mol. The van der Waals surface area contributed by atoms with E-state index in [1.807, 2.05) is 12.1 Å². The van der Waals surface area contributed by atoms with Gasteiger partial charge >= 0.3 is 0 Å². The fourth-order valence-electron chi connectivity index (χ4n) is 1.75.